The second-order valence-corrected chi connectivity index (χ2v) is 32.1. The van der Waals surface area contributed by atoms with Gasteiger partial charge in [0.1, 0.15) is 22.6 Å². The van der Waals surface area contributed by atoms with Crippen LogP contribution in [0.4, 0.5) is 62.1 Å². The quantitative estimate of drug-likeness (QED) is 0.0280. The first-order valence-electron chi connectivity index (χ1n) is 41.9. The summed E-state index contributed by atoms with van der Waals surface area (Å²) in [6, 6.07) is 53.1. The highest BCUT2D eigenvalue weighted by Crippen LogP contribution is 2.30. The van der Waals surface area contributed by atoms with E-state index in [-0.39, 0.29) is 69.5 Å². The van der Waals surface area contributed by atoms with E-state index in [1.807, 2.05) is 244 Å². The van der Waals surface area contributed by atoms with Gasteiger partial charge in [0, 0.05) is 247 Å². The SMILES string of the molecule is CNc1cc(C(C)=O)n(C)c1.CNc1ccc(C(C)=O)cc1.CNc1ccc2[nH]c(C(C)=O)cc2c1.CNc1ccc2nc(C(C)=O)[nH]c2c1.CNc1ccc2nc(C(C)=O)oc2c1.CNc1ccc2oc(C(C)=O)cc2c1.CNc1ccc2sc(C(C)=O)cc2c1.CNc1cccc(C(C)=O)c1.CNc1cn(C)c(C(C)=O)n1.CNc1csc(C(C)=O)c1.CNc1nc(C(C)=O)cs1. The molecule has 0 aliphatic carbocycles. The van der Waals surface area contributed by atoms with Crippen molar-refractivity contribution < 1.29 is 61.6 Å². The third-order valence-electron chi connectivity index (χ3n) is 19.2. The minimum absolute atomic E-state index is 0.0118. The number of nitrogens with zero attached hydrogens (tertiary/aromatic N) is 6. The fourth-order valence-electron chi connectivity index (χ4n) is 11.7. The zero-order valence-electron chi connectivity index (χ0n) is 79.7. The van der Waals surface area contributed by atoms with Crippen molar-refractivity contribution in [3.05, 3.63) is 254 Å². The third-order valence-corrected chi connectivity index (χ3v) is 22.3. The number of benzene rings is 7. The van der Waals surface area contributed by atoms with Crippen molar-refractivity contribution in [1.29, 1.82) is 0 Å². The fourth-order valence-corrected chi connectivity index (χ4v) is 14.2. The maximum Gasteiger partial charge on any atom is 0.263 e. The van der Waals surface area contributed by atoms with Gasteiger partial charge in [0.25, 0.3) is 5.89 Å². The van der Waals surface area contributed by atoms with Crippen molar-refractivity contribution in [2.75, 3.05) is 136 Å². The highest BCUT2D eigenvalue weighted by Gasteiger charge is 2.15. The van der Waals surface area contributed by atoms with E-state index in [2.05, 4.69) is 94.5 Å². The molecular formula is C99H117N19O13S3. The van der Waals surface area contributed by atoms with Gasteiger partial charge in [-0.05, 0) is 185 Å². The summed E-state index contributed by atoms with van der Waals surface area (Å²) in [4.78, 5) is 144. The molecule has 0 unspecified atom stereocenters. The molecule has 134 heavy (non-hydrogen) atoms. The number of aromatic amines is 2. The average Bonchev–Trinajstić information content (AvgIpc) is 1.69. The monoisotopic (exact) mass is 1880 g/mol. The number of hydrogen-bond acceptors (Lipinski definition) is 31. The molecule has 13 N–H and O–H groups in total. The van der Waals surface area contributed by atoms with E-state index < -0.39 is 0 Å². The number of carbonyl (C=O) groups excluding carboxylic acids is 11. The molecule has 704 valence electrons. The number of hydrogen-bond donors (Lipinski definition) is 13. The molecule has 0 aliphatic heterocycles. The van der Waals surface area contributed by atoms with Crippen LogP contribution >= 0.6 is 34.0 Å². The second-order valence-electron chi connectivity index (χ2n) is 29.3. The van der Waals surface area contributed by atoms with Crippen molar-refractivity contribution in [3.8, 4) is 0 Å². The van der Waals surface area contributed by atoms with Crippen LogP contribution in [-0.4, -0.2) is 180 Å². The Labute approximate surface area is 790 Å². The van der Waals surface area contributed by atoms with Crippen LogP contribution in [0.15, 0.2) is 202 Å². The molecular weight excluding hydrogens is 1760 g/mol. The Morgan fingerprint density at radius 3 is 1.37 bits per heavy atom. The van der Waals surface area contributed by atoms with E-state index in [0.29, 0.717) is 39.9 Å². The number of H-pyrrole nitrogens is 2. The first-order valence-corrected chi connectivity index (χ1v) is 44.4. The molecule has 0 spiro atoms. The number of nitrogens with one attached hydrogen (secondary N) is 13. The van der Waals surface area contributed by atoms with Gasteiger partial charge in [-0.3, -0.25) is 52.7 Å². The zero-order valence-corrected chi connectivity index (χ0v) is 82.1. The first-order chi connectivity index (χ1) is 63.8. The van der Waals surface area contributed by atoms with E-state index in [0.717, 1.165) is 132 Å². The molecule has 0 bridgehead atoms. The number of aryl methyl sites for hydroxylation is 2. The minimum Gasteiger partial charge on any atom is -0.453 e. The summed E-state index contributed by atoms with van der Waals surface area (Å²) in [5, 5.41) is 40.4. The number of imidazole rings is 2. The van der Waals surface area contributed by atoms with E-state index in [1.54, 1.807) is 96.2 Å². The number of aromatic nitrogens is 8. The Kier molecular flexibility index (Phi) is 42.4. The molecule has 0 fully saturated rings. The fraction of sp³-hybridized carbons (Fsp3) is 0.242. The van der Waals surface area contributed by atoms with Crippen LogP contribution in [0.2, 0.25) is 0 Å². The number of ketones is 11. The van der Waals surface area contributed by atoms with Gasteiger partial charge in [-0.2, -0.15) is 0 Å². The third kappa shape index (κ3) is 32.9. The normalized spacial score (nSPS) is 9.97. The predicted molar refractivity (Wildman–Crippen MR) is 549 cm³/mol. The molecule has 32 nitrogen and oxygen atoms in total. The number of fused-ring (bicyclic) bond motifs is 5. The lowest BCUT2D eigenvalue weighted by Crippen LogP contribution is -2.02. The predicted octanol–water partition coefficient (Wildman–Crippen LogP) is 21.3. The Bertz CT molecular complexity index is 6070. The van der Waals surface area contributed by atoms with Gasteiger partial charge in [0.2, 0.25) is 5.78 Å². The van der Waals surface area contributed by atoms with Crippen LogP contribution < -0.4 is 58.5 Å². The lowest BCUT2D eigenvalue weighted by molar-refractivity contribution is 0.0977. The number of rotatable bonds is 22. The van der Waals surface area contributed by atoms with Gasteiger partial charge in [0.05, 0.1) is 37.9 Å². The Hall–Kier alpha value is -15.5. The number of furan rings is 1. The Balaban J connectivity index is 0.000000227. The van der Waals surface area contributed by atoms with Gasteiger partial charge >= 0.3 is 0 Å². The lowest BCUT2D eigenvalue weighted by atomic mass is 10.1. The summed E-state index contributed by atoms with van der Waals surface area (Å²) < 4.78 is 15.3. The maximum atomic E-state index is 11.2. The Morgan fingerprint density at radius 2 is 0.888 bits per heavy atom. The molecule has 0 saturated carbocycles. The molecule has 7 aromatic carbocycles. The van der Waals surface area contributed by atoms with Gasteiger partial charge < -0.3 is 86.4 Å². The number of thiophene rings is 2. The summed E-state index contributed by atoms with van der Waals surface area (Å²) in [6.07, 6.45) is 3.66. The summed E-state index contributed by atoms with van der Waals surface area (Å²) in [7, 11) is 23.9. The van der Waals surface area contributed by atoms with Crippen molar-refractivity contribution in [2.45, 2.75) is 76.2 Å². The molecule has 0 radical (unpaired) electrons. The molecule has 16 rings (SSSR count). The van der Waals surface area contributed by atoms with Crippen molar-refractivity contribution in [3.63, 3.8) is 0 Å². The number of anilines is 11. The van der Waals surface area contributed by atoms with Gasteiger partial charge in [-0.25, -0.2) is 19.9 Å². The highest BCUT2D eigenvalue weighted by molar-refractivity contribution is 7.20. The number of oxazole rings is 1. The van der Waals surface area contributed by atoms with Gasteiger partial charge in [0.15, 0.2) is 86.0 Å². The van der Waals surface area contributed by atoms with E-state index in [9.17, 15) is 52.7 Å². The first kappa shape index (κ1) is 107. The van der Waals surface area contributed by atoms with Crippen molar-refractivity contribution in [2.24, 2.45) is 14.1 Å². The van der Waals surface area contributed by atoms with Crippen molar-refractivity contribution in [1.82, 2.24) is 39.0 Å². The van der Waals surface area contributed by atoms with Crippen LogP contribution in [0.25, 0.3) is 54.1 Å². The zero-order chi connectivity index (χ0) is 99.2. The summed E-state index contributed by atoms with van der Waals surface area (Å²) in [6.45, 7) is 16.9. The Morgan fingerprint density at radius 1 is 0.336 bits per heavy atom. The van der Waals surface area contributed by atoms with E-state index in [4.69, 9.17) is 8.83 Å². The average molecular weight is 1880 g/mol. The summed E-state index contributed by atoms with van der Waals surface area (Å²) >= 11 is 4.45. The number of thiazole rings is 1. The minimum atomic E-state index is -0.160. The number of carbonyl (C=O) groups is 11. The second kappa shape index (κ2) is 53.0. The van der Waals surface area contributed by atoms with Gasteiger partial charge in [-0.1, -0.05) is 12.1 Å². The highest BCUT2D eigenvalue weighted by atomic mass is 32.1. The summed E-state index contributed by atoms with van der Waals surface area (Å²) in [5.74, 6) is 2.54. The molecule has 0 atom stereocenters. The molecule has 0 aliphatic rings. The molecule has 9 aromatic heterocycles. The molecule has 0 amide bonds. The van der Waals surface area contributed by atoms with Crippen molar-refractivity contribution >= 4 is 214 Å². The topological polar surface area (TPSA) is 439 Å². The van der Waals surface area contributed by atoms with Crippen LogP contribution in [-0.2, 0) is 14.1 Å². The van der Waals surface area contributed by atoms with Gasteiger partial charge in [-0.15, -0.1) is 34.0 Å². The molecule has 9 heterocycles. The molecule has 16 aromatic rings. The van der Waals surface area contributed by atoms with E-state index >= 15 is 0 Å². The van der Waals surface area contributed by atoms with Crippen LogP contribution in [0.5, 0.6) is 0 Å². The standard InChI is InChI=1S/C11H12N2O.C11H11NO2.C11H11NOS.C10H11N3O.C10H10N2O2.2C9H11NO.C8H12N2O.C7H11N3O.C7H9NOS.C6H8N2OS/c1-7(14)11-6-8-5-9(12-2)3-4-10(8)13-11;2*1-7(13)11-6-8-5-9(12-2)3-4-10(8)14-11;1-6(14)10-12-8-4-3-7(11-2)5-9(8)13-10;1-6(13)10-12-8-4-3-7(11-2)5-9(8)14-10;1-7(11)8-3-5-9(10-2)6-4-8;1-7(11)8-4-3-5-9(6-8)10-2;1-6(11)8-4-7(9-2)5-10(8)3;1-5(11)7-9-6(8-2)4-10(7)3;1-5(9)7-3-6(8-2)4-10-7;1-4(9)5-3-10-6(7-2)8-5/h3-6,12-13H,1-2H3;2*3-6,12H,1-2H3;3-5,11H,1-2H3,(H,12,13);3-5,11H,1-2H3;2*3-6,10H,1-2H3;4-5,9H,1-3H3;4,8H,1-3H3;3-4,8H,1-2H3;3H,1-2H3,(H,7,8). The lowest BCUT2D eigenvalue weighted by Gasteiger charge is -2.00. The molecule has 0 saturated heterocycles. The van der Waals surface area contributed by atoms with Crippen LogP contribution in [0.3, 0.4) is 0 Å². The van der Waals surface area contributed by atoms with Crippen LogP contribution in [0, 0.1) is 0 Å². The smallest absolute Gasteiger partial charge is 0.263 e. The molecule has 35 heteroatoms. The van der Waals surface area contributed by atoms with Crippen LogP contribution in [0.1, 0.15) is 190 Å². The maximum absolute atomic E-state index is 11.2. The van der Waals surface area contributed by atoms with E-state index in [1.165, 1.54) is 57.3 Å². The largest absolute Gasteiger partial charge is 0.453 e. The summed E-state index contributed by atoms with van der Waals surface area (Å²) in [5.41, 5.74) is 17.2. The number of Topliss-reactive ketones (excluding diaryl/α,β-unsaturated/α-hetero) is 11.